The first kappa shape index (κ1) is 22.2. The fourth-order valence-corrected chi connectivity index (χ4v) is 3.48. The normalized spacial score (nSPS) is 21.3. The summed E-state index contributed by atoms with van der Waals surface area (Å²) in [6.45, 7) is 7.48. The van der Waals surface area contributed by atoms with E-state index in [1.807, 2.05) is 6.07 Å². The van der Waals surface area contributed by atoms with Crippen molar-refractivity contribution >= 4 is 6.09 Å². The van der Waals surface area contributed by atoms with Gasteiger partial charge in [0.25, 0.3) is 0 Å². The van der Waals surface area contributed by atoms with Gasteiger partial charge in [-0.3, -0.25) is 0 Å². The van der Waals surface area contributed by atoms with Gasteiger partial charge in [-0.25, -0.2) is 9.18 Å². The highest BCUT2D eigenvalue weighted by molar-refractivity contribution is 5.68. The number of fused-ring (bicyclic) bond motifs is 1. The van der Waals surface area contributed by atoms with Crippen molar-refractivity contribution in [2.75, 3.05) is 6.54 Å². The number of carbonyl (C=O) groups is 1. The van der Waals surface area contributed by atoms with Crippen LogP contribution in [-0.2, 0) is 23.4 Å². The second-order valence-corrected chi connectivity index (χ2v) is 8.78. The number of nitrogens with one attached hydrogen (secondary N) is 1. The van der Waals surface area contributed by atoms with E-state index in [9.17, 15) is 18.0 Å². The molecule has 0 saturated heterocycles. The summed E-state index contributed by atoms with van der Waals surface area (Å²) in [5.41, 5.74) is -0.382. The lowest BCUT2D eigenvalue weighted by atomic mass is 9.85. The first-order chi connectivity index (χ1) is 13.8. The molecule has 2 unspecified atom stereocenters. The molecule has 0 fully saturated rings. The van der Waals surface area contributed by atoms with Gasteiger partial charge in [0.05, 0.1) is 0 Å². The molecule has 2 aliphatic rings. The summed E-state index contributed by atoms with van der Waals surface area (Å²) in [5, 5.41) is 2.21. The second-order valence-electron chi connectivity index (χ2n) is 8.78. The first-order valence-electron chi connectivity index (χ1n) is 9.78. The number of allylic oxidation sites excluding steroid dienone is 2. The summed E-state index contributed by atoms with van der Waals surface area (Å²) < 4.78 is 59.5. The van der Waals surface area contributed by atoms with Crippen LogP contribution in [0.15, 0.2) is 42.1 Å². The number of amides is 1. The zero-order valence-corrected chi connectivity index (χ0v) is 17.4. The Morgan fingerprint density at radius 2 is 1.83 bits per heavy atom. The van der Waals surface area contributed by atoms with Gasteiger partial charge in [0.15, 0.2) is 5.67 Å². The van der Waals surface area contributed by atoms with Gasteiger partial charge in [-0.05, 0) is 50.8 Å². The molecule has 0 aliphatic carbocycles. The minimum absolute atomic E-state index is 0.0998. The van der Waals surface area contributed by atoms with Gasteiger partial charge < -0.3 is 15.0 Å². The van der Waals surface area contributed by atoms with Gasteiger partial charge in [-0.1, -0.05) is 30.4 Å². The maximum Gasteiger partial charge on any atom is 0.412 e. The van der Waals surface area contributed by atoms with Crippen molar-refractivity contribution in [3.63, 3.8) is 0 Å². The number of halogens is 4. The zero-order valence-electron chi connectivity index (χ0n) is 17.4. The number of hydrogen-bond acceptors (Lipinski definition) is 3. The van der Waals surface area contributed by atoms with Crippen molar-refractivity contribution in [1.82, 2.24) is 10.2 Å². The van der Waals surface area contributed by atoms with E-state index in [0.717, 1.165) is 23.4 Å². The number of dihydropyridines is 1. The lowest BCUT2D eigenvalue weighted by Gasteiger charge is -2.32. The Labute approximate surface area is 173 Å². The Kier molecular flexibility index (Phi) is 5.64. The van der Waals surface area contributed by atoms with Crippen LogP contribution in [0.1, 0.15) is 44.4 Å². The van der Waals surface area contributed by atoms with Crippen LogP contribution in [-0.4, -0.2) is 35.4 Å². The van der Waals surface area contributed by atoms with E-state index in [4.69, 9.17) is 4.74 Å². The van der Waals surface area contributed by atoms with Crippen LogP contribution in [0, 0.1) is 0 Å². The molecule has 1 aromatic carbocycles. The summed E-state index contributed by atoms with van der Waals surface area (Å²) in [6, 6.07) is 3.31. The summed E-state index contributed by atoms with van der Waals surface area (Å²) >= 11 is 0. The smallest absolute Gasteiger partial charge is 0.412 e. The van der Waals surface area contributed by atoms with E-state index in [2.05, 4.69) is 5.32 Å². The molecule has 0 radical (unpaired) electrons. The minimum atomic E-state index is -4.44. The first-order valence-corrected chi connectivity index (χ1v) is 9.78. The highest BCUT2D eigenvalue weighted by Gasteiger charge is 2.40. The van der Waals surface area contributed by atoms with Crippen molar-refractivity contribution in [2.24, 2.45) is 0 Å². The van der Waals surface area contributed by atoms with E-state index >= 15 is 4.39 Å². The number of rotatable bonds is 2. The Hall–Kier alpha value is -2.51. The van der Waals surface area contributed by atoms with Gasteiger partial charge in [-0.15, -0.1) is 0 Å². The average Bonchev–Trinajstić information content (AvgIpc) is 2.65. The standard InChI is InChI=1S/C22H26F4N2O2/c1-20(2,3)30-19(29)28-10-9-14-5-6-16(11-15(14)13-28)21(4,23)17-7-8-18(27-12-17)22(24,25)26/h5-8,11-12,18,27H,9-10,13H2,1-4H3. The maximum atomic E-state index is 15.6. The number of benzene rings is 1. The van der Waals surface area contributed by atoms with E-state index < -0.39 is 29.6 Å². The Morgan fingerprint density at radius 1 is 1.13 bits per heavy atom. The number of alkyl halides is 4. The van der Waals surface area contributed by atoms with Crippen molar-refractivity contribution in [1.29, 1.82) is 0 Å². The monoisotopic (exact) mass is 426 g/mol. The lowest BCUT2D eigenvalue weighted by molar-refractivity contribution is -0.142. The van der Waals surface area contributed by atoms with Crippen molar-refractivity contribution in [3.8, 4) is 0 Å². The fraction of sp³-hybridized carbons (Fsp3) is 0.500. The molecule has 4 nitrogen and oxygen atoms in total. The quantitative estimate of drug-likeness (QED) is 0.666. The summed E-state index contributed by atoms with van der Waals surface area (Å²) in [6.07, 6.45) is -1.10. The molecule has 1 amide bonds. The summed E-state index contributed by atoms with van der Waals surface area (Å²) in [5.74, 6) is 0. The molecule has 2 aliphatic heterocycles. The third-order valence-corrected chi connectivity index (χ3v) is 5.19. The van der Waals surface area contributed by atoms with Gasteiger partial charge >= 0.3 is 12.3 Å². The van der Waals surface area contributed by atoms with Crippen molar-refractivity contribution < 1.29 is 27.1 Å². The molecule has 1 aromatic rings. The highest BCUT2D eigenvalue weighted by Crippen LogP contribution is 2.38. The van der Waals surface area contributed by atoms with Crippen LogP contribution in [0.5, 0.6) is 0 Å². The predicted octanol–water partition coefficient (Wildman–Crippen LogP) is 5.14. The number of ether oxygens (including phenoxy) is 1. The molecule has 3 rings (SSSR count). The predicted molar refractivity (Wildman–Crippen MR) is 105 cm³/mol. The minimum Gasteiger partial charge on any atom is -0.444 e. The molecule has 2 heterocycles. The van der Waals surface area contributed by atoms with E-state index in [-0.39, 0.29) is 12.1 Å². The third-order valence-electron chi connectivity index (χ3n) is 5.19. The Bertz CT molecular complexity index is 882. The van der Waals surface area contributed by atoms with E-state index in [1.54, 1.807) is 37.8 Å². The second kappa shape index (κ2) is 7.63. The molecule has 30 heavy (non-hydrogen) atoms. The van der Waals surface area contributed by atoms with E-state index in [1.165, 1.54) is 13.0 Å². The molecular weight excluding hydrogens is 400 g/mol. The molecule has 8 heteroatoms. The number of hydrogen-bond donors (Lipinski definition) is 1. The lowest BCUT2D eigenvalue weighted by Crippen LogP contribution is -2.40. The van der Waals surface area contributed by atoms with E-state index in [0.29, 0.717) is 18.5 Å². The van der Waals surface area contributed by atoms with Crippen LogP contribution in [0.25, 0.3) is 0 Å². The Morgan fingerprint density at radius 3 is 2.40 bits per heavy atom. The van der Waals surface area contributed by atoms with Crippen LogP contribution in [0.3, 0.4) is 0 Å². The van der Waals surface area contributed by atoms with Gasteiger partial charge in [0.1, 0.15) is 11.6 Å². The molecule has 1 N–H and O–H groups in total. The number of carbonyl (C=O) groups excluding carboxylic acids is 1. The molecule has 0 spiro atoms. The van der Waals surface area contributed by atoms with Crippen LogP contribution >= 0.6 is 0 Å². The molecule has 0 bridgehead atoms. The van der Waals surface area contributed by atoms with Gasteiger partial charge in [0, 0.05) is 24.9 Å². The van der Waals surface area contributed by atoms with Crippen LogP contribution in [0.2, 0.25) is 0 Å². The summed E-state index contributed by atoms with van der Waals surface area (Å²) in [4.78, 5) is 13.9. The Balaban J connectivity index is 1.79. The third kappa shape index (κ3) is 4.79. The molecule has 0 saturated carbocycles. The van der Waals surface area contributed by atoms with Crippen LogP contribution < -0.4 is 5.32 Å². The van der Waals surface area contributed by atoms with Crippen LogP contribution in [0.4, 0.5) is 22.4 Å². The van der Waals surface area contributed by atoms with Crippen molar-refractivity contribution in [3.05, 3.63) is 58.8 Å². The molecule has 0 aromatic heterocycles. The molecule has 164 valence electrons. The van der Waals surface area contributed by atoms with Gasteiger partial charge in [-0.2, -0.15) is 13.2 Å². The average molecular weight is 426 g/mol. The molecular formula is C22H26F4N2O2. The van der Waals surface area contributed by atoms with Crippen molar-refractivity contribution in [2.45, 2.75) is 64.1 Å². The SMILES string of the molecule is CC(C)(C)OC(=O)N1CCc2ccc(C(C)(F)C3=CNC(C(F)(F)F)C=C3)cc2C1. The maximum absolute atomic E-state index is 15.6. The topological polar surface area (TPSA) is 41.6 Å². The largest absolute Gasteiger partial charge is 0.444 e. The highest BCUT2D eigenvalue weighted by atomic mass is 19.4. The molecule has 2 atom stereocenters. The fourth-order valence-electron chi connectivity index (χ4n) is 3.48. The zero-order chi connectivity index (χ0) is 22.3. The summed E-state index contributed by atoms with van der Waals surface area (Å²) in [7, 11) is 0. The number of nitrogens with zero attached hydrogens (tertiary/aromatic N) is 1. The van der Waals surface area contributed by atoms with Gasteiger partial charge in [0.2, 0.25) is 0 Å².